The van der Waals surface area contributed by atoms with Crippen molar-refractivity contribution in [3.63, 3.8) is 0 Å². The van der Waals surface area contributed by atoms with Gasteiger partial charge < -0.3 is 10.5 Å². The fourth-order valence-corrected chi connectivity index (χ4v) is 2.41. The van der Waals surface area contributed by atoms with Gasteiger partial charge in [-0.05, 0) is 32.0 Å². The summed E-state index contributed by atoms with van der Waals surface area (Å²) in [6, 6.07) is 5.65. The third-order valence-corrected chi connectivity index (χ3v) is 3.49. The zero-order valence-electron chi connectivity index (χ0n) is 10.3. The first-order valence-electron chi connectivity index (χ1n) is 5.64. The van der Waals surface area contributed by atoms with Gasteiger partial charge in [0.1, 0.15) is 17.1 Å². The molecule has 0 radical (unpaired) electrons. The number of hydrogen-bond donors (Lipinski definition) is 1. The van der Waals surface area contributed by atoms with Crippen molar-refractivity contribution in [2.75, 3.05) is 12.3 Å². The summed E-state index contributed by atoms with van der Waals surface area (Å²) < 4.78 is 10.1. The van der Waals surface area contributed by atoms with E-state index >= 15 is 0 Å². The van der Waals surface area contributed by atoms with Crippen molar-refractivity contribution >= 4 is 17.4 Å². The van der Waals surface area contributed by atoms with Gasteiger partial charge in [-0.15, -0.1) is 11.8 Å². The average molecular weight is 265 g/mol. The third-order valence-electron chi connectivity index (χ3n) is 2.41. The number of benzene rings is 1. The van der Waals surface area contributed by atoms with Crippen LogP contribution in [0.15, 0.2) is 27.7 Å². The van der Waals surface area contributed by atoms with E-state index in [0.29, 0.717) is 12.4 Å². The van der Waals surface area contributed by atoms with Gasteiger partial charge in [-0.2, -0.15) is 0 Å². The Bertz CT molecular complexity index is 528. The van der Waals surface area contributed by atoms with E-state index in [9.17, 15) is 0 Å². The second-order valence-corrected chi connectivity index (χ2v) is 4.73. The van der Waals surface area contributed by atoms with Gasteiger partial charge in [0, 0.05) is 16.3 Å². The largest absolute Gasteiger partial charge is 0.494 e. The molecule has 5 nitrogen and oxygen atoms in total. The molecule has 0 aliphatic heterocycles. The van der Waals surface area contributed by atoms with Crippen LogP contribution in [0.5, 0.6) is 5.75 Å². The number of aromatic nitrogens is 2. The summed E-state index contributed by atoms with van der Waals surface area (Å²) in [6.45, 7) is 4.46. The summed E-state index contributed by atoms with van der Waals surface area (Å²) in [5.74, 6) is 1.50. The lowest BCUT2D eigenvalue weighted by Crippen LogP contribution is -1.94. The van der Waals surface area contributed by atoms with Crippen LogP contribution in [0.2, 0.25) is 0 Å². The second kappa shape index (κ2) is 5.77. The number of anilines is 1. The molecular formula is C12H15N3O2S. The van der Waals surface area contributed by atoms with E-state index in [2.05, 4.69) is 14.9 Å². The van der Waals surface area contributed by atoms with Crippen molar-refractivity contribution in [2.45, 2.75) is 24.5 Å². The zero-order chi connectivity index (χ0) is 13.0. The Morgan fingerprint density at radius 3 is 2.89 bits per heavy atom. The second-order valence-electron chi connectivity index (χ2n) is 3.72. The number of rotatable bonds is 5. The van der Waals surface area contributed by atoms with Crippen LogP contribution in [0.25, 0.3) is 0 Å². The third kappa shape index (κ3) is 2.95. The number of hydrogen-bond acceptors (Lipinski definition) is 6. The van der Waals surface area contributed by atoms with Gasteiger partial charge in [0.2, 0.25) is 0 Å². The topological polar surface area (TPSA) is 74.2 Å². The molecule has 2 N–H and O–H groups in total. The number of thioether (sulfide) groups is 1. The average Bonchev–Trinajstić information content (AvgIpc) is 2.76. The van der Waals surface area contributed by atoms with Gasteiger partial charge in [0.25, 0.3) is 0 Å². The minimum atomic E-state index is 0.639. The van der Waals surface area contributed by atoms with Gasteiger partial charge in [-0.3, -0.25) is 0 Å². The van der Waals surface area contributed by atoms with Crippen LogP contribution in [0.1, 0.15) is 18.3 Å². The molecule has 18 heavy (non-hydrogen) atoms. The van der Waals surface area contributed by atoms with E-state index in [1.165, 1.54) is 0 Å². The summed E-state index contributed by atoms with van der Waals surface area (Å²) in [5.41, 5.74) is 8.30. The SMILES string of the molecule is CCOc1ccc(N)c(SCc2nonc2C)c1. The molecular weight excluding hydrogens is 250 g/mol. The van der Waals surface area contributed by atoms with Crippen LogP contribution >= 0.6 is 11.8 Å². The molecule has 2 aromatic rings. The lowest BCUT2D eigenvalue weighted by molar-refractivity contribution is 0.302. The molecule has 0 aliphatic carbocycles. The van der Waals surface area contributed by atoms with Crippen molar-refractivity contribution in [3.05, 3.63) is 29.6 Å². The molecule has 6 heteroatoms. The number of aryl methyl sites for hydroxylation is 1. The highest BCUT2D eigenvalue weighted by molar-refractivity contribution is 7.98. The normalized spacial score (nSPS) is 10.6. The fraction of sp³-hybridized carbons (Fsp3) is 0.333. The van der Waals surface area contributed by atoms with E-state index in [-0.39, 0.29) is 0 Å². The molecule has 0 saturated heterocycles. The first-order chi connectivity index (χ1) is 8.70. The summed E-state index contributed by atoms with van der Waals surface area (Å²) in [5, 5.41) is 7.58. The molecule has 1 heterocycles. The molecule has 0 fully saturated rings. The summed E-state index contributed by atoms with van der Waals surface area (Å²) >= 11 is 1.59. The van der Waals surface area contributed by atoms with Crippen LogP contribution in [0.3, 0.4) is 0 Å². The lowest BCUT2D eigenvalue weighted by Gasteiger charge is -2.08. The maximum absolute atomic E-state index is 5.93. The van der Waals surface area contributed by atoms with Crippen molar-refractivity contribution in [3.8, 4) is 5.75 Å². The van der Waals surface area contributed by atoms with Crippen LogP contribution < -0.4 is 10.5 Å². The molecule has 0 atom stereocenters. The molecule has 0 amide bonds. The smallest absolute Gasteiger partial charge is 0.120 e. The standard InChI is InChI=1S/C12H15N3O2S/c1-3-16-9-4-5-10(13)12(6-9)18-7-11-8(2)14-17-15-11/h4-6H,3,7,13H2,1-2H3. The Morgan fingerprint density at radius 2 is 2.22 bits per heavy atom. The fourth-order valence-electron chi connectivity index (χ4n) is 1.42. The van der Waals surface area contributed by atoms with Gasteiger partial charge in [-0.1, -0.05) is 10.3 Å². The molecule has 1 aromatic carbocycles. The Morgan fingerprint density at radius 1 is 1.39 bits per heavy atom. The lowest BCUT2D eigenvalue weighted by atomic mass is 10.3. The monoisotopic (exact) mass is 265 g/mol. The Balaban J connectivity index is 2.08. The zero-order valence-corrected chi connectivity index (χ0v) is 11.2. The predicted octanol–water partition coefficient (Wildman–Crippen LogP) is 2.65. The van der Waals surface area contributed by atoms with Crippen LogP contribution in [0.4, 0.5) is 5.69 Å². The van der Waals surface area contributed by atoms with E-state index in [4.69, 9.17) is 10.5 Å². The molecule has 1 aromatic heterocycles. The minimum absolute atomic E-state index is 0.639. The van der Waals surface area contributed by atoms with Gasteiger partial charge in [0.15, 0.2) is 0 Å². The molecule has 0 unspecified atom stereocenters. The quantitative estimate of drug-likeness (QED) is 0.661. The maximum Gasteiger partial charge on any atom is 0.120 e. The van der Waals surface area contributed by atoms with Crippen LogP contribution in [-0.2, 0) is 5.75 Å². The minimum Gasteiger partial charge on any atom is -0.494 e. The van der Waals surface area contributed by atoms with Crippen molar-refractivity contribution in [2.24, 2.45) is 0 Å². The molecule has 0 saturated carbocycles. The first-order valence-corrected chi connectivity index (χ1v) is 6.62. The number of nitrogen functional groups attached to an aromatic ring is 1. The van der Waals surface area contributed by atoms with Crippen molar-refractivity contribution in [1.82, 2.24) is 10.3 Å². The number of nitrogens with two attached hydrogens (primary N) is 1. The van der Waals surface area contributed by atoms with E-state index < -0.39 is 0 Å². The Hall–Kier alpha value is -1.69. The Kier molecular flexibility index (Phi) is 4.09. The van der Waals surface area contributed by atoms with Crippen LogP contribution in [-0.4, -0.2) is 16.9 Å². The molecule has 0 aliphatic rings. The van der Waals surface area contributed by atoms with Crippen molar-refractivity contribution < 1.29 is 9.37 Å². The summed E-state index contributed by atoms with van der Waals surface area (Å²) in [4.78, 5) is 0.975. The molecule has 96 valence electrons. The maximum atomic E-state index is 5.93. The van der Waals surface area contributed by atoms with Crippen molar-refractivity contribution in [1.29, 1.82) is 0 Å². The van der Waals surface area contributed by atoms with Gasteiger partial charge in [0.05, 0.1) is 6.61 Å². The van der Waals surface area contributed by atoms with E-state index in [0.717, 1.165) is 27.7 Å². The number of nitrogens with zero attached hydrogens (tertiary/aromatic N) is 2. The highest BCUT2D eigenvalue weighted by Crippen LogP contribution is 2.31. The summed E-state index contributed by atoms with van der Waals surface area (Å²) in [7, 11) is 0. The Labute approximate surface area is 110 Å². The predicted molar refractivity (Wildman–Crippen MR) is 70.6 cm³/mol. The molecule has 0 bridgehead atoms. The van der Waals surface area contributed by atoms with Gasteiger partial charge >= 0.3 is 0 Å². The highest BCUT2D eigenvalue weighted by Gasteiger charge is 2.08. The van der Waals surface area contributed by atoms with E-state index in [1.54, 1.807) is 11.8 Å². The first kappa shape index (κ1) is 12.8. The summed E-state index contributed by atoms with van der Waals surface area (Å²) in [6.07, 6.45) is 0. The van der Waals surface area contributed by atoms with Crippen LogP contribution in [0, 0.1) is 6.92 Å². The number of ether oxygens (including phenoxy) is 1. The van der Waals surface area contributed by atoms with E-state index in [1.807, 2.05) is 32.0 Å². The highest BCUT2D eigenvalue weighted by atomic mass is 32.2. The van der Waals surface area contributed by atoms with Gasteiger partial charge in [-0.25, -0.2) is 4.63 Å². The molecule has 0 spiro atoms. The molecule has 2 rings (SSSR count).